The minimum atomic E-state index is 0.181. The summed E-state index contributed by atoms with van der Waals surface area (Å²) in [5.74, 6) is 0.181. The van der Waals surface area contributed by atoms with Gasteiger partial charge in [0.05, 0.1) is 6.54 Å². The van der Waals surface area contributed by atoms with Gasteiger partial charge in [0.2, 0.25) is 5.91 Å². The molecule has 1 aliphatic rings. The summed E-state index contributed by atoms with van der Waals surface area (Å²) >= 11 is 0. The normalized spacial score (nSPS) is 22.1. The first-order chi connectivity index (χ1) is 7.65. The Balaban J connectivity index is 2.16. The number of piperidine rings is 1. The molecule has 0 aromatic rings. The van der Waals surface area contributed by atoms with Gasteiger partial charge in [-0.1, -0.05) is 6.42 Å². The van der Waals surface area contributed by atoms with Gasteiger partial charge in [-0.3, -0.25) is 4.79 Å². The Hall–Kier alpha value is -0.610. The molecule has 1 atom stereocenters. The standard InChI is InChI=1S/C12H25N3O/c1-4-14(2)12(16)10-13-9-11-7-5-6-8-15(11)3/h11,13H,4-10H2,1-3H3. The average Bonchev–Trinajstić information content (AvgIpc) is 2.30. The minimum absolute atomic E-state index is 0.181. The third-order valence-corrected chi connectivity index (χ3v) is 3.48. The predicted molar refractivity (Wildman–Crippen MR) is 66.4 cm³/mol. The minimum Gasteiger partial charge on any atom is -0.345 e. The zero-order valence-corrected chi connectivity index (χ0v) is 10.8. The molecule has 94 valence electrons. The van der Waals surface area contributed by atoms with Crippen molar-refractivity contribution >= 4 is 5.91 Å². The highest BCUT2D eigenvalue weighted by atomic mass is 16.2. The molecule has 1 heterocycles. The first-order valence-corrected chi connectivity index (χ1v) is 6.30. The molecular formula is C12H25N3O. The van der Waals surface area contributed by atoms with Gasteiger partial charge in [-0.15, -0.1) is 0 Å². The molecule has 1 unspecified atom stereocenters. The largest absolute Gasteiger partial charge is 0.345 e. The number of rotatable bonds is 5. The highest BCUT2D eigenvalue weighted by molar-refractivity contribution is 5.77. The van der Waals surface area contributed by atoms with E-state index in [2.05, 4.69) is 17.3 Å². The molecule has 16 heavy (non-hydrogen) atoms. The van der Waals surface area contributed by atoms with Gasteiger partial charge in [0.25, 0.3) is 0 Å². The second-order valence-electron chi connectivity index (χ2n) is 4.67. The van der Waals surface area contributed by atoms with Crippen molar-refractivity contribution in [2.45, 2.75) is 32.2 Å². The van der Waals surface area contributed by atoms with E-state index in [1.165, 1.54) is 25.8 Å². The molecule has 0 bridgehead atoms. The number of hydrogen-bond donors (Lipinski definition) is 1. The summed E-state index contributed by atoms with van der Waals surface area (Å²) < 4.78 is 0. The monoisotopic (exact) mass is 227 g/mol. The van der Waals surface area contributed by atoms with Crippen LogP contribution in [0.15, 0.2) is 0 Å². The van der Waals surface area contributed by atoms with E-state index >= 15 is 0 Å². The lowest BCUT2D eigenvalue weighted by Gasteiger charge is -2.32. The first-order valence-electron chi connectivity index (χ1n) is 6.30. The number of carbonyl (C=O) groups is 1. The van der Waals surface area contributed by atoms with Crippen molar-refractivity contribution in [1.82, 2.24) is 15.1 Å². The van der Waals surface area contributed by atoms with Crippen molar-refractivity contribution in [3.05, 3.63) is 0 Å². The van der Waals surface area contributed by atoms with Crippen LogP contribution in [0.5, 0.6) is 0 Å². The van der Waals surface area contributed by atoms with Crippen LogP contribution >= 0.6 is 0 Å². The van der Waals surface area contributed by atoms with E-state index in [0.29, 0.717) is 12.6 Å². The maximum absolute atomic E-state index is 11.5. The van der Waals surface area contributed by atoms with Gasteiger partial charge in [0, 0.05) is 26.2 Å². The van der Waals surface area contributed by atoms with E-state index in [9.17, 15) is 4.79 Å². The van der Waals surface area contributed by atoms with Crippen LogP contribution < -0.4 is 5.32 Å². The summed E-state index contributed by atoms with van der Waals surface area (Å²) in [5.41, 5.74) is 0. The van der Waals surface area contributed by atoms with Crippen molar-refractivity contribution in [1.29, 1.82) is 0 Å². The lowest BCUT2D eigenvalue weighted by molar-refractivity contribution is -0.128. The van der Waals surface area contributed by atoms with Gasteiger partial charge in [0.1, 0.15) is 0 Å². The first kappa shape index (κ1) is 13.5. The maximum Gasteiger partial charge on any atom is 0.236 e. The summed E-state index contributed by atoms with van der Waals surface area (Å²) in [4.78, 5) is 15.7. The summed E-state index contributed by atoms with van der Waals surface area (Å²) in [6.45, 7) is 5.36. The third kappa shape index (κ3) is 4.10. The van der Waals surface area contributed by atoms with E-state index < -0.39 is 0 Å². The summed E-state index contributed by atoms with van der Waals surface area (Å²) in [5, 5.41) is 3.27. The van der Waals surface area contributed by atoms with Crippen molar-refractivity contribution in [2.24, 2.45) is 0 Å². The second-order valence-corrected chi connectivity index (χ2v) is 4.67. The van der Waals surface area contributed by atoms with Crippen LogP contribution in [0.1, 0.15) is 26.2 Å². The van der Waals surface area contributed by atoms with Gasteiger partial charge >= 0.3 is 0 Å². The Morgan fingerprint density at radius 1 is 1.50 bits per heavy atom. The summed E-state index contributed by atoms with van der Waals surface area (Å²) in [6.07, 6.45) is 3.88. The van der Waals surface area contributed by atoms with Gasteiger partial charge in [0.15, 0.2) is 0 Å². The molecule has 1 N–H and O–H groups in total. The van der Waals surface area contributed by atoms with E-state index in [0.717, 1.165) is 13.1 Å². The fourth-order valence-electron chi connectivity index (χ4n) is 2.06. The van der Waals surface area contributed by atoms with E-state index in [1.807, 2.05) is 14.0 Å². The predicted octanol–water partition coefficient (Wildman–Crippen LogP) is 0.539. The SMILES string of the molecule is CCN(C)C(=O)CNCC1CCCCN1C. The van der Waals surface area contributed by atoms with Gasteiger partial charge in [-0.2, -0.15) is 0 Å². The Morgan fingerprint density at radius 2 is 2.25 bits per heavy atom. The van der Waals surface area contributed by atoms with Gasteiger partial charge in [-0.05, 0) is 33.4 Å². The van der Waals surface area contributed by atoms with Crippen molar-refractivity contribution in [2.75, 3.05) is 40.3 Å². The smallest absolute Gasteiger partial charge is 0.236 e. The fraction of sp³-hybridized carbons (Fsp3) is 0.917. The van der Waals surface area contributed by atoms with Crippen LogP contribution in [0.25, 0.3) is 0 Å². The van der Waals surface area contributed by atoms with Gasteiger partial charge in [-0.25, -0.2) is 0 Å². The Bertz CT molecular complexity index is 220. The molecule has 0 saturated carbocycles. The van der Waals surface area contributed by atoms with Crippen molar-refractivity contribution < 1.29 is 4.79 Å². The molecule has 0 spiro atoms. The van der Waals surface area contributed by atoms with E-state index in [-0.39, 0.29) is 5.91 Å². The molecule has 0 aromatic heterocycles. The van der Waals surface area contributed by atoms with Gasteiger partial charge < -0.3 is 15.1 Å². The van der Waals surface area contributed by atoms with E-state index in [1.54, 1.807) is 4.90 Å². The molecule has 4 nitrogen and oxygen atoms in total. The lowest BCUT2D eigenvalue weighted by atomic mass is 10.0. The Labute approximate surface area is 99.0 Å². The topological polar surface area (TPSA) is 35.6 Å². The number of hydrogen-bond acceptors (Lipinski definition) is 3. The van der Waals surface area contributed by atoms with Crippen molar-refractivity contribution in [3.63, 3.8) is 0 Å². The number of nitrogens with one attached hydrogen (secondary N) is 1. The zero-order chi connectivity index (χ0) is 12.0. The molecule has 1 rings (SSSR count). The van der Waals surface area contributed by atoms with E-state index in [4.69, 9.17) is 0 Å². The number of amides is 1. The third-order valence-electron chi connectivity index (χ3n) is 3.48. The van der Waals surface area contributed by atoms with Crippen molar-refractivity contribution in [3.8, 4) is 0 Å². The zero-order valence-electron chi connectivity index (χ0n) is 10.8. The van der Waals surface area contributed by atoms with Crippen LogP contribution in [0.2, 0.25) is 0 Å². The summed E-state index contributed by atoms with van der Waals surface area (Å²) in [7, 11) is 4.02. The molecule has 1 amide bonds. The fourth-order valence-corrected chi connectivity index (χ4v) is 2.06. The highest BCUT2D eigenvalue weighted by Crippen LogP contribution is 2.13. The molecule has 1 saturated heterocycles. The molecule has 1 aliphatic heterocycles. The highest BCUT2D eigenvalue weighted by Gasteiger charge is 2.18. The maximum atomic E-state index is 11.5. The molecule has 0 radical (unpaired) electrons. The molecule has 0 aliphatic carbocycles. The summed E-state index contributed by atoms with van der Waals surface area (Å²) in [6, 6.07) is 0.605. The van der Waals surface area contributed by atoms with Crippen LogP contribution in [0.3, 0.4) is 0 Å². The van der Waals surface area contributed by atoms with Crippen LogP contribution in [0.4, 0.5) is 0 Å². The van der Waals surface area contributed by atoms with Crippen LogP contribution in [-0.4, -0.2) is 62.0 Å². The lowest BCUT2D eigenvalue weighted by Crippen LogP contribution is -2.45. The molecular weight excluding hydrogens is 202 g/mol. The molecule has 0 aromatic carbocycles. The molecule has 4 heteroatoms. The Morgan fingerprint density at radius 3 is 2.88 bits per heavy atom. The number of likely N-dealkylation sites (N-methyl/N-ethyl adjacent to an activating group) is 2. The quantitative estimate of drug-likeness (QED) is 0.744. The van der Waals surface area contributed by atoms with Crippen LogP contribution in [0, 0.1) is 0 Å². The average molecular weight is 227 g/mol. The number of likely N-dealkylation sites (tertiary alicyclic amines) is 1. The number of carbonyl (C=O) groups excluding carboxylic acids is 1. The Kier molecular flexibility index (Phi) is 5.77. The van der Waals surface area contributed by atoms with Crippen LogP contribution in [-0.2, 0) is 4.79 Å². The second kappa shape index (κ2) is 6.86. The number of nitrogens with zero attached hydrogens (tertiary/aromatic N) is 2. The molecule has 1 fully saturated rings.